The van der Waals surface area contributed by atoms with Crippen LogP contribution in [0.5, 0.6) is 0 Å². The Morgan fingerprint density at radius 1 is 1.12 bits per heavy atom. The Labute approximate surface area is 118 Å². The van der Waals surface area contributed by atoms with E-state index in [-0.39, 0.29) is 5.38 Å². The van der Waals surface area contributed by atoms with Crippen molar-refractivity contribution in [3.8, 4) is 0 Å². The number of benzene rings is 1. The second-order valence-electron chi connectivity index (χ2n) is 4.87. The van der Waals surface area contributed by atoms with E-state index in [1.54, 1.807) is 0 Å². The van der Waals surface area contributed by atoms with Crippen LogP contribution in [-0.2, 0) is 0 Å². The quantitative estimate of drug-likeness (QED) is 0.576. The minimum atomic E-state index is 0.0605. The molecule has 0 heterocycles. The third-order valence-electron chi connectivity index (χ3n) is 3.61. The van der Waals surface area contributed by atoms with Gasteiger partial charge in [0.2, 0.25) is 0 Å². The highest BCUT2D eigenvalue weighted by atomic mass is 35.5. The molecule has 0 nitrogen and oxygen atoms in total. The molecule has 0 aliphatic heterocycles. The molecule has 0 saturated heterocycles. The van der Waals surface area contributed by atoms with Crippen LogP contribution in [0.4, 0.5) is 0 Å². The van der Waals surface area contributed by atoms with Gasteiger partial charge in [-0.15, -0.1) is 11.6 Å². The first-order chi connectivity index (χ1) is 8.16. The molecule has 0 spiro atoms. The predicted molar refractivity (Wildman–Crippen MR) is 76.2 cm³/mol. The third kappa shape index (κ3) is 3.77. The molecule has 1 fully saturated rings. The molecule has 0 bridgehead atoms. The van der Waals surface area contributed by atoms with Crippen LogP contribution in [0.2, 0.25) is 10.0 Å². The van der Waals surface area contributed by atoms with Gasteiger partial charge in [-0.1, -0.05) is 55.0 Å². The monoisotopic (exact) mass is 290 g/mol. The molecule has 17 heavy (non-hydrogen) atoms. The first-order valence-corrected chi connectivity index (χ1v) is 7.45. The Morgan fingerprint density at radius 3 is 2.47 bits per heavy atom. The van der Waals surface area contributed by atoms with Crippen molar-refractivity contribution in [2.75, 3.05) is 0 Å². The number of rotatable bonds is 4. The van der Waals surface area contributed by atoms with Crippen molar-refractivity contribution in [3.63, 3.8) is 0 Å². The van der Waals surface area contributed by atoms with Gasteiger partial charge in [0.05, 0.1) is 15.4 Å². The Hall–Kier alpha value is 0.0900. The summed E-state index contributed by atoms with van der Waals surface area (Å²) in [5.74, 6) is 0.888. The third-order valence-corrected chi connectivity index (χ3v) is 4.82. The summed E-state index contributed by atoms with van der Waals surface area (Å²) in [5.41, 5.74) is 1.08. The van der Waals surface area contributed by atoms with Crippen LogP contribution in [0.25, 0.3) is 0 Å². The zero-order valence-corrected chi connectivity index (χ0v) is 12.0. The Bertz CT molecular complexity index is 370. The van der Waals surface area contributed by atoms with Crippen LogP contribution < -0.4 is 0 Å². The van der Waals surface area contributed by atoms with E-state index in [1.165, 1.54) is 32.1 Å². The largest absolute Gasteiger partial charge is 0.118 e. The minimum Gasteiger partial charge on any atom is -0.118 e. The molecule has 0 aromatic heterocycles. The highest BCUT2D eigenvalue weighted by Gasteiger charge is 2.17. The average molecular weight is 292 g/mol. The van der Waals surface area contributed by atoms with E-state index in [9.17, 15) is 0 Å². The molecule has 94 valence electrons. The fourth-order valence-electron chi connectivity index (χ4n) is 2.55. The smallest absolute Gasteiger partial charge is 0.0595 e. The summed E-state index contributed by atoms with van der Waals surface area (Å²) in [4.78, 5) is 0. The van der Waals surface area contributed by atoms with Gasteiger partial charge in [0.15, 0.2) is 0 Å². The zero-order chi connectivity index (χ0) is 12.3. The molecule has 1 atom stereocenters. The lowest BCUT2D eigenvalue weighted by molar-refractivity contribution is 0.480. The van der Waals surface area contributed by atoms with Crippen LogP contribution in [0.15, 0.2) is 18.2 Å². The first kappa shape index (κ1) is 13.5. The lowest BCUT2D eigenvalue weighted by Crippen LogP contribution is -1.97. The van der Waals surface area contributed by atoms with Gasteiger partial charge in [0.25, 0.3) is 0 Å². The van der Waals surface area contributed by atoms with Crippen molar-refractivity contribution >= 4 is 34.8 Å². The molecule has 1 aromatic rings. The van der Waals surface area contributed by atoms with Gasteiger partial charge in [0.1, 0.15) is 0 Å². The summed E-state index contributed by atoms with van der Waals surface area (Å²) >= 11 is 18.3. The van der Waals surface area contributed by atoms with Crippen LogP contribution in [-0.4, -0.2) is 0 Å². The standard InChI is InChI=1S/C14H17Cl3/c15-12(7-5-10-3-1-2-4-10)11-6-8-13(16)14(17)9-11/h6,8-10,12H,1-5,7H2. The van der Waals surface area contributed by atoms with Crippen molar-refractivity contribution in [3.05, 3.63) is 33.8 Å². The molecule has 1 saturated carbocycles. The second kappa shape index (κ2) is 6.31. The maximum absolute atomic E-state index is 6.41. The first-order valence-electron chi connectivity index (χ1n) is 6.26. The molecular formula is C14H17Cl3. The van der Waals surface area contributed by atoms with Crippen molar-refractivity contribution in [1.82, 2.24) is 0 Å². The SMILES string of the molecule is Clc1ccc(C(Cl)CCC2CCCC2)cc1Cl. The molecule has 3 heteroatoms. The maximum atomic E-state index is 6.41. The molecule has 0 radical (unpaired) electrons. The molecule has 1 aliphatic carbocycles. The average Bonchev–Trinajstić information content (AvgIpc) is 2.82. The summed E-state index contributed by atoms with van der Waals surface area (Å²) in [6, 6.07) is 5.68. The summed E-state index contributed by atoms with van der Waals surface area (Å²) in [7, 11) is 0. The van der Waals surface area contributed by atoms with Crippen LogP contribution in [0, 0.1) is 5.92 Å². The number of hydrogen-bond acceptors (Lipinski definition) is 0. The van der Waals surface area contributed by atoms with Crippen molar-refractivity contribution < 1.29 is 0 Å². The Balaban J connectivity index is 1.89. The van der Waals surface area contributed by atoms with E-state index < -0.39 is 0 Å². The predicted octanol–water partition coefficient (Wildman–Crippen LogP) is 6.24. The molecule has 1 unspecified atom stereocenters. The van der Waals surface area contributed by atoms with E-state index in [0.717, 1.165) is 17.9 Å². The van der Waals surface area contributed by atoms with Gasteiger partial charge in [-0.3, -0.25) is 0 Å². The van der Waals surface area contributed by atoms with Gasteiger partial charge in [-0.25, -0.2) is 0 Å². The summed E-state index contributed by atoms with van der Waals surface area (Å²) < 4.78 is 0. The lowest BCUT2D eigenvalue weighted by atomic mass is 9.98. The lowest BCUT2D eigenvalue weighted by Gasteiger charge is -2.13. The van der Waals surface area contributed by atoms with E-state index in [0.29, 0.717) is 10.0 Å². The summed E-state index contributed by atoms with van der Waals surface area (Å²) in [6.07, 6.45) is 7.81. The van der Waals surface area contributed by atoms with Crippen molar-refractivity contribution in [1.29, 1.82) is 0 Å². The van der Waals surface area contributed by atoms with Crippen LogP contribution >= 0.6 is 34.8 Å². The molecular weight excluding hydrogens is 275 g/mol. The normalized spacial score (nSPS) is 18.5. The van der Waals surface area contributed by atoms with Gasteiger partial charge in [-0.2, -0.15) is 0 Å². The molecule has 2 rings (SSSR count). The molecule has 1 aromatic carbocycles. The minimum absolute atomic E-state index is 0.0605. The fraction of sp³-hybridized carbons (Fsp3) is 0.571. The van der Waals surface area contributed by atoms with Gasteiger partial charge in [-0.05, 0) is 36.5 Å². The van der Waals surface area contributed by atoms with Crippen molar-refractivity contribution in [2.24, 2.45) is 5.92 Å². The topological polar surface area (TPSA) is 0 Å². The van der Waals surface area contributed by atoms with Crippen LogP contribution in [0.3, 0.4) is 0 Å². The highest BCUT2D eigenvalue weighted by molar-refractivity contribution is 6.42. The fourth-order valence-corrected chi connectivity index (χ4v) is 3.12. The Morgan fingerprint density at radius 2 is 1.82 bits per heavy atom. The van der Waals surface area contributed by atoms with Gasteiger partial charge >= 0.3 is 0 Å². The van der Waals surface area contributed by atoms with Gasteiger partial charge in [0, 0.05) is 0 Å². The zero-order valence-electron chi connectivity index (χ0n) is 9.76. The summed E-state index contributed by atoms with van der Waals surface area (Å²) in [5, 5.41) is 1.25. The van der Waals surface area contributed by atoms with E-state index >= 15 is 0 Å². The number of alkyl halides is 1. The number of hydrogen-bond donors (Lipinski definition) is 0. The highest BCUT2D eigenvalue weighted by Crippen LogP contribution is 2.35. The van der Waals surface area contributed by atoms with Gasteiger partial charge < -0.3 is 0 Å². The van der Waals surface area contributed by atoms with E-state index in [4.69, 9.17) is 34.8 Å². The molecule has 0 N–H and O–H groups in total. The molecule has 0 amide bonds. The number of halogens is 3. The second-order valence-corrected chi connectivity index (χ2v) is 6.21. The van der Waals surface area contributed by atoms with Crippen molar-refractivity contribution in [2.45, 2.75) is 43.9 Å². The maximum Gasteiger partial charge on any atom is 0.0595 e. The van der Waals surface area contributed by atoms with E-state index in [1.807, 2.05) is 18.2 Å². The Kier molecular flexibility index (Phi) is 5.02. The summed E-state index contributed by atoms with van der Waals surface area (Å²) in [6.45, 7) is 0. The molecule has 1 aliphatic rings. The van der Waals surface area contributed by atoms with E-state index in [2.05, 4.69) is 0 Å². The van der Waals surface area contributed by atoms with Crippen LogP contribution in [0.1, 0.15) is 49.5 Å².